The van der Waals surface area contributed by atoms with Gasteiger partial charge in [-0.3, -0.25) is 24.5 Å². The monoisotopic (exact) mass is 556 g/mol. The molecule has 3 aromatic carbocycles. The quantitative estimate of drug-likeness (QED) is 0.0993. The molecular weight excluding hydrogens is 532 g/mol. The highest BCUT2D eigenvalue weighted by atomic mass is 32.2. The van der Waals surface area contributed by atoms with Gasteiger partial charge in [0.15, 0.2) is 0 Å². The Morgan fingerprint density at radius 3 is 2.45 bits per heavy atom. The van der Waals surface area contributed by atoms with Crippen LogP contribution in [0.15, 0.2) is 106 Å². The molecule has 0 aliphatic carbocycles. The molecule has 0 saturated heterocycles. The Balaban J connectivity index is 1.40. The minimum absolute atomic E-state index is 0.0142. The van der Waals surface area contributed by atoms with Gasteiger partial charge in [-0.15, -0.1) is 11.8 Å². The zero-order valence-electron chi connectivity index (χ0n) is 21.2. The number of nitrogens with one attached hydrogen (secondary N) is 3. The van der Waals surface area contributed by atoms with Gasteiger partial charge in [-0.25, -0.2) is 0 Å². The lowest BCUT2D eigenvalue weighted by molar-refractivity contribution is -0.384. The highest BCUT2D eigenvalue weighted by Gasteiger charge is 2.16. The summed E-state index contributed by atoms with van der Waals surface area (Å²) in [4.78, 5) is 49.5. The van der Waals surface area contributed by atoms with E-state index >= 15 is 0 Å². The van der Waals surface area contributed by atoms with E-state index in [1.165, 1.54) is 42.3 Å². The lowest BCUT2D eigenvalue weighted by Crippen LogP contribution is -2.30. The molecule has 11 heteroatoms. The molecule has 0 spiro atoms. The maximum absolute atomic E-state index is 13.1. The zero-order valence-corrected chi connectivity index (χ0v) is 22.1. The van der Waals surface area contributed by atoms with Gasteiger partial charge in [-0.2, -0.15) is 0 Å². The number of amides is 3. The highest BCUT2D eigenvalue weighted by molar-refractivity contribution is 8.00. The number of rotatable bonds is 10. The van der Waals surface area contributed by atoms with E-state index < -0.39 is 16.7 Å². The topological polar surface area (TPSA) is 144 Å². The van der Waals surface area contributed by atoms with E-state index in [1.54, 1.807) is 73.7 Å². The summed E-state index contributed by atoms with van der Waals surface area (Å²) in [6.07, 6.45) is 2.89. The number of aryl methyl sites for hydroxylation is 1. The number of nitrogens with zero attached hydrogens (tertiary/aromatic N) is 1. The van der Waals surface area contributed by atoms with Gasteiger partial charge in [-0.05, 0) is 61.0 Å². The first kappa shape index (κ1) is 27.9. The molecule has 202 valence electrons. The van der Waals surface area contributed by atoms with Crippen LogP contribution in [0, 0.1) is 17.0 Å². The fraction of sp³-hybridized carbons (Fsp3) is 0.0690. The van der Waals surface area contributed by atoms with Gasteiger partial charge in [0.25, 0.3) is 17.5 Å². The second-order valence-electron chi connectivity index (χ2n) is 8.47. The van der Waals surface area contributed by atoms with Crippen LogP contribution in [-0.2, 0) is 9.59 Å². The van der Waals surface area contributed by atoms with Crippen LogP contribution in [0.2, 0.25) is 0 Å². The smallest absolute Gasteiger partial charge is 0.272 e. The van der Waals surface area contributed by atoms with E-state index in [0.29, 0.717) is 28.3 Å². The van der Waals surface area contributed by atoms with Gasteiger partial charge in [-0.1, -0.05) is 24.3 Å². The van der Waals surface area contributed by atoms with Crippen LogP contribution in [0.1, 0.15) is 21.7 Å². The van der Waals surface area contributed by atoms with Crippen molar-refractivity contribution in [1.29, 1.82) is 0 Å². The lowest BCUT2D eigenvalue weighted by Gasteiger charge is -2.12. The number of furan rings is 1. The van der Waals surface area contributed by atoms with Crippen molar-refractivity contribution in [3.63, 3.8) is 0 Å². The number of hydrogen-bond acceptors (Lipinski definition) is 7. The second-order valence-corrected chi connectivity index (χ2v) is 9.52. The number of non-ortho nitro benzene ring substituents is 1. The molecule has 1 aromatic heterocycles. The van der Waals surface area contributed by atoms with Gasteiger partial charge in [0.1, 0.15) is 11.5 Å². The van der Waals surface area contributed by atoms with E-state index in [1.807, 2.05) is 0 Å². The minimum atomic E-state index is -0.561. The first-order valence-corrected chi connectivity index (χ1v) is 13.0. The summed E-state index contributed by atoms with van der Waals surface area (Å²) >= 11 is 1.25. The fourth-order valence-corrected chi connectivity index (χ4v) is 4.31. The van der Waals surface area contributed by atoms with Crippen molar-refractivity contribution in [1.82, 2.24) is 5.32 Å². The lowest BCUT2D eigenvalue weighted by atomic mass is 10.2. The van der Waals surface area contributed by atoms with E-state index in [0.717, 1.165) is 4.90 Å². The molecule has 4 aromatic rings. The van der Waals surface area contributed by atoms with Crippen LogP contribution in [0.4, 0.5) is 17.1 Å². The Labute approximate surface area is 233 Å². The molecule has 0 atom stereocenters. The van der Waals surface area contributed by atoms with Crippen molar-refractivity contribution >= 4 is 52.6 Å². The molecule has 0 saturated carbocycles. The minimum Gasteiger partial charge on any atom is -0.465 e. The Kier molecular flexibility index (Phi) is 9.11. The van der Waals surface area contributed by atoms with Crippen LogP contribution < -0.4 is 16.0 Å². The van der Waals surface area contributed by atoms with Gasteiger partial charge in [0, 0.05) is 40.0 Å². The maximum atomic E-state index is 13.1. The third kappa shape index (κ3) is 7.68. The molecule has 0 bridgehead atoms. The average molecular weight is 557 g/mol. The Morgan fingerprint density at radius 1 is 0.950 bits per heavy atom. The standard InChI is InChI=1S/C29H24N4O6S/c1-19-15-22(33(37)38)12-13-25(19)31-27(34)18-40-24-11-5-9-21(16-24)30-29(36)26(17-23-10-6-14-39-23)32-28(35)20-7-3-2-4-8-20/h2-17H,18H2,1H3,(H,30,36)(H,31,34)(H,32,35)/b26-17-. The summed E-state index contributed by atoms with van der Waals surface area (Å²) in [6.45, 7) is 1.68. The average Bonchev–Trinajstić information content (AvgIpc) is 3.46. The largest absolute Gasteiger partial charge is 0.465 e. The number of nitro benzene ring substituents is 1. The molecule has 40 heavy (non-hydrogen) atoms. The molecule has 3 amide bonds. The van der Waals surface area contributed by atoms with E-state index in [4.69, 9.17) is 4.42 Å². The van der Waals surface area contributed by atoms with Gasteiger partial charge < -0.3 is 20.4 Å². The first-order valence-electron chi connectivity index (χ1n) is 12.0. The van der Waals surface area contributed by atoms with Gasteiger partial charge in [0.2, 0.25) is 5.91 Å². The molecule has 0 fully saturated rings. The molecular formula is C29H24N4O6S. The summed E-state index contributed by atoms with van der Waals surface area (Å²) in [5.41, 5.74) is 1.85. The van der Waals surface area contributed by atoms with Crippen LogP contribution in [0.5, 0.6) is 0 Å². The molecule has 10 nitrogen and oxygen atoms in total. The Morgan fingerprint density at radius 2 is 1.75 bits per heavy atom. The highest BCUT2D eigenvalue weighted by Crippen LogP contribution is 2.24. The summed E-state index contributed by atoms with van der Waals surface area (Å²) in [7, 11) is 0. The first-order chi connectivity index (χ1) is 19.3. The predicted octanol–water partition coefficient (Wildman–Crippen LogP) is 5.64. The number of hydrogen-bond donors (Lipinski definition) is 3. The fourth-order valence-electron chi connectivity index (χ4n) is 3.56. The molecule has 3 N–H and O–H groups in total. The number of nitro groups is 1. The zero-order chi connectivity index (χ0) is 28.5. The Bertz CT molecular complexity index is 1570. The van der Waals surface area contributed by atoms with Crippen LogP contribution >= 0.6 is 11.8 Å². The summed E-state index contributed by atoms with van der Waals surface area (Å²) in [6, 6.07) is 23.0. The van der Waals surface area contributed by atoms with Crippen molar-refractivity contribution in [3.8, 4) is 0 Å². The predicted molar refractivity (Wildman–Crippen MR) is 153 cm³/mol. The van der Waals surface area contributed by atoms with E-state index in [2.05, 4.69) is 16.0 Å². The molecule has 4 rings (SSSR count). The van der Waals surface area contributed by atoms with Crippen LogP contribution in [0.25, 0.3) is 6.08 Å². The van der Waals surface area contributed by atoms with Crippen molar-refractivity contribution in [2.75, 3.05) is 16.4 Å². The molecule has 0 radical (unpaired) electrons. The van der Waals surface area contributed by atoms with E-state index in [-0.39, 0.29) is 23.0 Å². The third-order valence-corrected chi connectivity index (χ3v) is 6.51. The van der Waals surface area contributed by atoms with E-state index in [9.17, 15) is 24.5 Å². The molecule has 0 aliphatic rings. The number of thioether (sulfide) groups is 1. The van der Waals surface area contributed by atoms with Gasteiger partial charge in [0.05, 0.1) is 16.9 Å². The molecule has 0 aliphatic heterocycles. The third-order valence-electron chi connectivity index (χ3n) is 5.52. The van der Waals surface area contributed by atoms with Crippen molar-refractivity contribution < 1.29 is 23.7 Å². The summed E-state index contributed by atoms with van der Waals surface area (Å²) in [5, 5.41) is 19.1. The number of carbonyl (C=O) groups excluding carboxylic acids is 3. The van der Waals surface area contributed by atoms with Crippen molar-refractivity contribution in [3.05, 3.63) is 124 Å². The summed E-state index contributed by atoms with van der Waals surface area (Å²) < 4.78 is 5.31. The second kappa shape index (κ2) is 13.1. The Hall–Kier alpha value is -5.16. The number of benzene rings is 3. The van der Waals surface area contributed by atoms with Crippen molar-refractivity contribution in [2.45, 2.75) is 11.8 Å². The van der Waals surface area contributed by atoms with Gasteiger partial charge >= 0.3 is 0 Å². The molecule has 1 heterocycles. The van der Waals surface area contributed by atoms with Crippen LogP contribution in [0.3, 0.4) is 0 Å². The number of carbonyl (C=O) groups is 3. The maximum Gasteiger partial charge on any atom is 0.272 e. The van der Waals surface area contributed by atoms with Crippen molar-refractivity contribution in [2.24, 2.45) is 0 Å². The molecule has 0 unspecified atom stereocenters. The summed E-state index contributed by atoms with van der Waals surface area (Å²) in [5.74, 6) is -0.841. The SMILES string of the molecule is Cc1cc([N+](=O)[O-])ccc1NC(=O)CSc1cccc(NC(=O)/C(=C/c2ccco2)NC(=O)c2ccccc2)c1. The van der Waals surface area contributed by atoms with Crippen LogP contribution in [-0.4, -0.2) is 28.4 Å². The normalized spacial score (nSPS) is 11.0. The number of anilines is 2.